The molecule has 28 heavy (non-hydrogen) atoms. The molecule has 2 heterocycles. The molecule has 1 aliphatic heterocycles. The summed E-state index contributed by atoms with van der Waals surface area (Å²) < 4.78 is 27.3. The molecule has 1 aliphatic rings. The Hall–Kier alpha value is -2.86. The zero-order chi connectivity index (χ0) is 19.7. The molecular formula is C22H24FN3O2. The fourth-order valence-electron chi connectivity index (χ4n) is 3.51. The Kier molecular flexibility index (Phi) is 5.05. The van der Waals surface area contributed by atoms with E-state index < -0.39 is 0 Å². The van der Waals surface area contributed by atoms with Gasteiger partial charge in [0.25, 0.3) is 0 Å². The molecule has 6 heteroatoms. The van der Waals surface area contributed by atoms with Gasteiger partial charge >= 0.3 is 0 Å². The standard InChI is InChI=1S/C22H24FN3O2/c1-15(16-8-9-20-21(12-16)28-11-10-27-20)25(2)13-17-14-26(3)24-22(17)18-6-4-5-7-19(18)23/h4-9,12,14-15H,10-11,13H2,1-3H3. The van der Waals surface area contributed by atoms with Crippen LogP contribution in [-0.4, -0.2) is 34.9 Å². The van der Waals surface area contributed by atoms with Crippen molar-refractivity contribution >= 4 is 0 Å². The van der Waals surface area contributed by atoms with Gasteiger partial charge in [-0.2, -0.15) is 5.10 Å². The summed E-state index contributed by atoms with van der Waals surface area (Å²) in [5.41, 5.74) is 3.34. The van der Waals surface area contributed by atoms with Crippen molar-refractivity contribution in [2.45, 2.75) is 19.5 Å². The van der Waals surface area contributed by atoms with Crippen LogP contribution in [-0.2, 0) is 13.6 Å². The van der Waals surface area contributed by atoms with Gasteiger partial charge in [0, 0.05) is 37.0 Å². The SMILES string of the molecule is CC(c1ccc2c(c1)OCCO2)N(C)Cc1cn(C)nc1-c1ccccc1F. The van der Waals surface area contributed by atoms with Gasteiger partial charge in [-0.05, 0) is 43.8 Å². The lowest BCUT2D eigenvalue weighted by Gasteiger charge is -2.26. The smallest absolute Gasteiger partial charge is 0.161 e. The maximum atomic E-state index is 14.3. The van der Waals surface area contributed by atoms with E-state index in [4.69, 9.17) is 9.47 Å². The average molecular weight is 381 g/mol. The number of ether oxygens (including phenoxy) is 2. The van der Waals surface area contributed by atoms with E-state index in [-0.39, 0.29) is 11.9 Å². The average Bonchev–Trinajstić information content (AvgIpc) is 3.07. The maximum absolute atomic E-state index is 14.3. The van der Waals surface area contributed by atoms with E-state index in [0.29, 0.717) is 31.0 Å². The highest BCUT2D eigenvalue weighted by Gasteiger charge is 2.20. The maximum Gasteiger partial charge on any atom is 0.161 e. The fraction of sp³-hybridized carbons (Fsp3) is 0.318. The fourth-order valence-corrected chi connectivity index (χ4v) is 3.51. The molecule has 146 valence electrons. The van der Waals surface area contributed by atoms with Crippen molar-refractivity contribution in [1.29, 1.82) is 0 Å². The van der Waals surface area contributed by atoms with Crippen molar-refractivity contribution in [1.82, 2.24) is 14.7 Å². The molecule has 0 aliphatic carbocycles. The third-order valence-corrected chi connectivity index (χ3v) is 5.16. The van der Waals surface area contributed by atoms with Gasteiger partial charge in [-0.3, -0.25) is 9.58 Å². The van der Waals surface area contributed by atoms with Crippen molar-refractivity contribution in [3.63, 3.8) is 0 Å². The summed E-state index contributed by atoms with van der Waals surface area (Å²) in [6.07, 6.45) is 1.95. The monoisotopic (exact) mass is 381 g/mol. The molecule has 0 bridgehead atoms. The first-order chi connectivity index (χ1) is 13.5. The molecule has 1 unspecified atom stereocenters. The minimum absolute atomic E-state index is 0.143. The van der Waals surface area contributed by atoms with Crippen LogP contribution < -0.4 is 9.47 Å². The van der Waals surface area contributed by atoms with Crippen LogP contribution >= 0.6 is 0 Å². The number of aryl methyl sites for hydroxylation is 1. The van der Waals surface area contributed by atoms with Crippen molar-refractivity contribution < 1.29 is 13.9 Å². The van der Waals surface area contributed by atoms with Crippen LogP contribution in [0.25, 0.3) is 11.3 Å². The molecule has 0 fully saturated rings. The summed E-state index contributed by atoms with van der Waals surface area (Å²) in [6, 6.07) is 13.0. The number of halogens is 1. The largest absolute Gasteiger partial charge is 0.486 e. The Morgan fingerprint density at radius 1 is 1.14 bits per heavy atom. The highest BCUT2D eigenvalue weighted by atomic mass is 19.1. The van der Waals surface area contributed by atoms with E-state index in [9.17, 15) is 4.39 Å². The first-order valence-corrected chi connectivity index (χ1v) is 9.40. The van der Waals surface area contributed by atoms with Gasteiger partial charge in [0.2, 0.25) is 0 Å². The van der Waals surface area contributed by atoms with Crippen molar-refractivity contribution in [3.05, 3.63) is 65.6 Å². The van der Waals surface area contributed by atoms with Gasteiger partial charge in [-0.15, -0.1) is 0 Å². The first kappa shape index (κ1) is 18.5. The predicted octanol–water partition coefficient (Wildman–Crippen LogP) is 4.19. The summed E-state index contributed by atoms with van der Waals surface area (Å²) in [5.74, 6) is 1.32. The lowest BCUT2D eigenvalue weighted by molar-refractivity contribution is 0.170. The summed E-state index contributed by atoms with van der Waals surface area (Å²) in [6.45, 7) is 3.95. The third-order valence-electron chi connectivity index (χ3n) is 5.16. The molecule has 1 aromatic heterocycles. The van der Waals surface area contributed by atoms with E-state index in [2.05, 4.69) is 30.0 Å². The van der Waals surface area contributed by atoms with Gasteiger partial charge in [-0.1, -0.05) is 18.2 Å². The second-order valence-corrected chi connectivity index (χ2v) is 7.15. The molecule has 0 saturated carbocycles. The third kappa shape index (κ3) is 3.60. The summed E-state index contributed by atoms with van der Waals surface area (Å²) >= 11 is 0. The quantitative estimate of drug-likeness (QED) is 0.664. The summed E-state index contributed by atoms with van der Waals surface area (Å²) in [5, 5.41) is 4.50. The van der Waals surface area contributed by atoms with Crippen LogP contribution in [0.3, 0.4) is 0 Å². The highest BCUT2D eigenvalue weighted by molar-refractivity contribution is 5.63. The van der Waals surface area contributed by atoms with Crippen molar-refractivity contribution in [2.24, 2.45) is 7.05 Å². The molecule has 0 saturated heterocycles. The lowest BCUT2D eigenvalue weighted by Crippen LogP contribution is -2.22. The Balaban J connectivity index is 1.57. The molecular weight excluding hydrogens is 357 g/mol. The minimum atomic E-state index is -0.259. The van der Waals surface area contributed by atoms with Crippen molar-refractivity contribution in [2.75, 3.05) is 20.3 Å². The molecule has 2 aromatic carbocycles. The number of aromatic nitrogens is 2. The Bertz CT molecular complexity index is 986. The number of hydrogen-bond donors (Lipinski definition) is 0. The molecule has 0 amide bonds. The number of hydrogen-bond acceptors (Lipinski definition) is 4. The van der Waals surface area contributed by atoms with Crippen LogP contribution in [0.1, 0.15) is 24.1 Å². The van der Waals surface area contributed by atoms with E-state index in [1.165, 1.54) is 6.07 Å². The Morgan fingerprint density at radius 3 is 2.68 bits per heavy atom. The minimum Gasteiger partial charge on any atom is -0.486 e. The molecule has 0 spiro atoms. The molecule has 1 atom stereocenters. The second-order valence-electron chi connectivity index (χ2n) is 7.15. The van der Waals surface area contributed by atoms with Gasteiger partial charge in [0.15, 0.2) is 11.5 Å². The topological polar surface area (TPSA) is 39.5 Å². The molecule has 4 rings (SSSR count). The van der Waals surface area contributed by atoms with E-state index >= 15 is 0 Å². The highest BCUT2D eigenvalue weighted by Crippen LogP contribution is 2.34. The van der Waals surface area contributed by atoms with Crippen LogP contribution in [0.5, 0.6) is 11.5 Å². The Morgan fingerprint density at radius 2 is 1.89 bits per heavy atom. The Labute approximate surface area is 164 Å². The van der Waals surface area contributed by atoms with Gasteiger partial charge in [-0.25, -0.2) is 4.39 Å². The van der Waals surface area contributed by atoms with E-state index in [1.807, 2.05) is 31.4 Å². The summed E-state index contributed by atoms with van der Waals surface area (Å²) in [4.78, 5) is 2.22. The number of nitrogens with zero attached hydrogens (tertiary/aromatic N) is 3. The molecule has 0 N–H and O–H groups in total. The van der Waals surface area contributed by atoms with Crippen molar-refractivity contribution in [3.8, 4) is 22.8 Å². The van der Waals surface area contributed by atoms with Crippen LogP contribution in [0, 0.1) is 5.82 Å². The van der Waals surface area contributed by atoms with Crippen LogP contribution in [0.2, 0.25) is 0 Å². The van der Waals surface area contributed by atoms with E-state index in [0.717, 1.165) is 22.6 Å². The number of rotatable bonds is 5. The van der Waals surface area contributed by atoms with Gasteiger partial charge in [0.05, 0.1) is 5.69 Å². The lowest BCUT2D eigenvalue weighted by atomic mass is 10.0. The van der Waals surface area contributed by atoms with Crippen LogP contribution in [0.15, 0.2) is 48.7 Å². The predicted molar refractivity (Wildman–Crippen MR) is 106 cm³/mol. The molecule has 3 aromatic rings. The molecule has 5 nitrogen and oxygen atoms in total. The number of benzene rings is 2. The first-order valence-electron chi connectivity index (χ1n) is 9.40. The normalized spacial score (nSPS) is 14.3. The zero-order valence-corrected chi connectivity index (χ0v) is 16.4. The van der Waals surface area contributed by atoms with Gasteiger partial charge in [0.1, 0.15) is 19.0 Å². The zero-order valence-electron chi connectivity index (χ0n) is 16.4. The summed E-state index contributed by atoms with van der Waals surface area (Å²) in [7, 11) is 3.91. The van der Waals surface area contributed by atoms with E-state index in [1.54, 1.807) is 16.8 Å². The van der Waals surface area contributed by atoms with Gasteiger partial charge < -0.3 is 9.47 Å². The second kappa shape index (κ2) is 7.64. The van der Waals surface area contributed by atoms with Crippen LogP contribution in [0.4, 0.5) is 4.39 Å². The number of fused-ring (bicyclic) bond motifs is 1. The molecule has 0 radical (unpaired) electrons.